The average Bonchev–Trinajstić information content (AvgIpc) is 3.18. The number of hydrogen-bond donors (Lipinski definition) is 1. The highest BCUT2D eigenvalue weighted by Gasteiger charge is 2.31. The highest BCUT2D eigenvalue weighted by molar-refractivity contribution is 5.83. The van der Waals surface area contributed by atoms with E-state index in [1.54, 1.807) is 7.11 Å². The van der Waals surface area contributed by atoms with E-state index in [-0.39, 0.29) is 11.9 Å². The molecule has 6 nitrogen and oxygen atoms in total. The lowest BCUT2D eigenvalue weighted by atomic mass is 10.0. The molecule has 0 bridgehead atoms. The molecule has 2 atom stereocenters. The van der Waals surface area contributed by atoms with Gasteiger partial charge < -0.3 is 19.5 Å². The standard InChI is InChI=1S/C22H26N2O4/c1-26-18-8-6-16(7-9-18)19(15-24-10-12-27-13-11-24)23-22(25)21-14-17-4-2-3-5-20(17)28-21/h2-9,19,21H,10-15H2,1H3,(H,23,25)/t19-,21+/m0/s1. The number of carbonyl (C=O) groups excluding carboxylic acids is 1. The van der Waals surface area contributed by atoms with Gasteiger partial charge in [0.05, 0.1) is 26.4 Å². The third-order valence-electron chi connectivity index (χ3n) is 5.32. The summed E-state index contributed by atoms with van der Waals surface area (Å²) in [4.78, 5) is 15.3. The van der Waals surface area contributed by atoms with Crippen LogP contribution in [0.4, 0.5) is 0 Å². The van der Waals surface area contributed by atoms with Crippen LogP contribution >= 0.6 is 0 Å². The first-order valence-corrected chi connectivity index (χ1v) is 9.72. The van der Waals surface area contributed by atoms with Crippen LogP contribution in [-0.4, -0.2) is 56.9 Å². The SMILES string of the molecule is COc1ccc([C@H](CN2CCOCC2)NC(=O)[C@H]2Cc3ccccc3O2)cc1. The van der Waals surface area contributed by atoms with Gasteiger partial charge in [0.2, 0.25) is 0 Å². The van der Waals surface area contributed by atoms with Crippen molar-refractivity contribution in [2.45, 2.75) is 18.6 Å². The molecule has 0 radical (unpaired) electrons. The predicted molar refractivity (Wildman–Crippen MR) is 106 cm³/mol. The minimum Gasteiger partial charge on any atom is -0.497 e. The zero-order valence-electron chi connectivity index (χ0n) is 16.1. The molecule has 2 aromatic carbocycles. The summed E-state index contributed by atoms with van der Waals surface area (Å²) in [5.41, 5.74) is 2.13. The summed E-state index contributed by atoms with van der Waals surface area (Å²) in [5.74, 6) is 1.52. The van der Waals surface area contributed by atoms with Crippen LogP contribution in [0.3, 0.4) is 0 Å². The van der Waals surface area contributed by atoms with Crippen molar-refractivity contribution in [1.82, 2.24) is 10.2 Å². The molecule has 2 aliphatic rings. The number of nitrogens with zero attached hydrogens (tertiary/aromatic N) is 1. The second-order valence-corrected chi connectivity index (χ2v) is 7.17. The van der Waals surface area contributed by atoms with Crippen LogP contribution in [0.25, 0.3) is 0 Å². The number of amides is 1. The Labute approximate surface area is 165 Å². The maximum absolute atomic E-state index is 13.0. The van der Waals surface area contributed by atoms with Crippen molar-refractivity contribution in [3.63, 3.8) is 0 Å². The fraction of sp³-hybridized carbons (Fsp3) is 0.409. The van der Waals surface area contributed by atoms with Crippen LogP contribution in [0.15, 0.2) is 48.5 Å². The number of ether oxygens (including phenoxy) is 3. The van der Waals surface area contributed by atoms with Gasteiger partial charge in [-0.15, -0.1) is 0 Å². The molecule has 2 aliphatic heterocycles. The number of methoxy groups -OCH3 is 1. The zero-order valence-corrected chi connectivity index (χ0v) is 16.1. The number of para-hydroxylation sites is 1. The van der Waals surface area contributed by atoms with Crippen molar-refractivity contribution in [2.24, 2.45) is 0 Å². The van der Waals surface area contributed by atoms with Gasteiger partial charge in [-0.3, -0.25) is 9.69 Å². The average molecular weight is 382 g/mol. The van der Waals surface area contributed by atoms with E-state index in [0.29, 0.717) is 6.42 Å². The summed E-state index contributed by atoms with van der Waals surface area (Å²) in [5, 5.41) is 3.21. The minimum absolute atomic E-state index is 0.0784. The van der Waals surface area contributed by atoms with E-state index in [1.807, 2.05) is 48.5 Å². The molecule has 2 heterocycles. The Hall–Kier alpha value is -2.57. The van der Waals surface area contributed by atoms with E-state index in [2.05, 4.69) is 10.2 Å². The van der Waals surface area contributed by atoms with E-state index < -0.39 is 6.10 Å². The van der Waals surface area contributed by atoms with E-state index in [0.717, 1.165) is 55.5 Å². The van der Waals surface area contributed by atoms with Gasteiger partial charge in [0, 0.05) is 26.1 Å². The summed E-state index contributed by atoms with van der Waals surface area (Å²) in [6.07, 6.45) is 0.123. The number of rotatable bonds is 6. The molecule has 6 heteroatoms. The molecule has 0 aliphatic carbocycles. The smallest absolute Gasteiger partial charge is 0.261 e. The molecular formula is C22H26N2O4. The van der Waals surface area contributed by atoms with Crippen LogP contribution < -0.4 is 14.8 Å². The van der Waals surface area contributed by atoms with Crippen LogP contribution in [-0.2, 0) is 16.0 Å². The fourth-order valence-corrected chi connectivity index (χ4v) is 3.71. The van der Waals surface area contributed by atoms with Crippen molar-refractivity contribution in [2.75, 3.05) is 40.0 Å². The lowest BCUT2D eigenvalue weighted by molar-refractivity contribution is -0.128. The fourth-order valence-electron chi connectivity index (χ4n) is 3.71. The Kier molecular flexibility index (Phi) is 5.78. The van der Waals surface area contributed by atoms with Crippen molar-refractivity contribution >= 4 is 5.91 Å². The number of benzene rings is 2. The van der Waals surface area contributed by atoms with Gasteiger partial charge in [-0.1, -0.05) is 30.3 Å². The summed E-state index contributed by atoms with van der Waals surface area (Å²) in [7, 11) is 1.65. The topological polar surface area (TPSA) is 60.0 Å². The first kappa shape index (κ1) is 18.8. The molecule has 1 fully saturated rings. The Morgan fingerprint density at radius 2 is 1.93 bits per heavy atom. The molecule has 0 aromatic heterocycles. The first-order chi connectivity index (χ1) is 13.7. The maximum Gasteiger partial charge on any atom is 0.261 e. The second-order valence-electron chi connectivity index (χ2n) is 7.17. The summed E-state index contributed by atoms with van der Waals surface area (Å²) < 4.78 is 16.6. The van der Waals surface area contributed by atoms with Crippen molar-refractivity contribution < 1.29 is 19.0 Å². The number of nitrogens with one attached hydrogen (secondary N) is 1. The molecule has 0 unspecified atom stereocenters. The summed E-state index contributed by atoms with van der Waals surface area (Å²) in [6.45, 7) is 3.93. The Morgan fingerprint density at radius 3 is 2.64 bits per heavy atom. The molecular weight excluding hydrogens is 356 g/mol. The van der Waals surface area contributed by atoms with Gasteiger partial charge in [-0.05, 0) is 29.3 Å². The molecule has 1 N–H and O–H groups in total. The Bertz CT molecular complexity index is 777. The lowest BCUT2D eigenvalue weighted by Gasteiger charge is -2.31. The predicted octanol–water partition coefficient (Wildman–Crippen LogP) is 2.19. The molecule has 0 saturated carbocycles. The Morgan fingerprint density at radius 1 is 1.18 bits per heavy atom. The van der Waals surface area contributed by atoms with E-state index in [9.17, 15) is 4.79 Å². The molecule has 1 saturated heterocycles. The number of morpholine rings is 1. The maximum atomic E-state index is 13.0. The normalized spacial score (nSPS) is 20.1. The highest BCUT2D eigenvalue weighted by atomic mass is 16.5. The molecule has 4 rings (SSSR count). The van der Waals surface area contributed by atoms with Gasteiger partial charge in [0.15, 0.2) is 6.10 Å². The summed E-state index contributed by atoms with van der Waals surface area (Å²) >= 11 is 0. The van der Waals surface area contributed by atoms with Crippen molar-refractivity contribution in [3.8, 4) is 11.5 Å². The van der Waals surface area contributed by atoms with Crippen molar-refractivity contribution in [3.05, 3.63) is 59.7 Å². The first-order valence-electron chi connectivity index (χ1n) is 9.72. The summed E-state index contributed by atoms with van der Waals surface area (Å²) in [6, 6.07) is 15.6. The third kappa shape index (κ3) is 4.29. The molecule has 0 spiro atoms. The zero-order chi connectivity index (χ0) is 19.3. The van der Waals surface area contributed by atoms with E-state index in [4.69, 9.17) is 14.2 Å². The van der Waals surface area contributed by atoms with Gasteiger partial charge in [-0.25, -0.2) is 0 Å². The van der Waals surface area contributed by atoms with Gasteiger partial charge in [-0.2, -0.15) is 0 Å². The van der Waals surface area contributed by atoms with Gasteiger partial charge in [0.25, 0.3) is 5.91 Å². The largest absolute Gasteiger partial charge is 0.497 e. The van der Waals surface area contributed by atoms with Crippen LogP contribution in [0, 0.1) is 0 Å². The number of fused-ring (bicyclic) bond motifs is 1. The third-order valence-corrected chi connectivity index (χ3v) is 5.32. The van der Waals surface area contributed by atoms with Gasteiger partial charge in [0.1, 0.15) is 11.5 Å². The highest BCUT2D eigenvalue weighted by Crippen LogP contribution is 2.29. The van der Waals surface area contributed by atoms with Crippen LogP contribution in [0.2, 0.25) is 0 Å². The minimum atomic E-state index is -0.483. The number of hydrogen-bond acceptors (Lipinski definition) is 5. The Balaban J connectivity index is 1.47. The number of carbonyl (C=O) groups is 1. The van der Waals surface area contributed by atoms with Crippen LogP contribution in [0.1, 0.15) is 17.2 Å². The molecule has 2 aromatic rings. The lowest BCUT2D eigenvalue weighted by Crippen LogP contribution is -2.46. The molecule has 148 valence electrons. The molecule has 1 amide bonds. The van der Waals surface area contributed by atoms with Crippen LogP contribution in [0.5, 0.6) is 11.5 Å². The monoisotopic (exact) mass is 382 g/mol. The van der Waals surface area contributed by atoms with E-state index >= 15 is 0 Å². The van der Waals surface area contributed by atoms with Crippen molar-refractivity contribution in [1.29, 1.82) is 0 Å². The van der Waals surface area contributed by atoms with E-state index in [1.165, 1.54) is 0 Å². The second kappa shape index (κ2) is 8.63. The van der Waals surface area contributed by atoms with Gasteiger partial charge >= 0.3 is 0 Å². The molecule has 28 heavy (non-hydrogen) atoms. The quantitative estimate of drug-likeness (QED) is 0.830.